The first kappa shape index (κ1) is 6.11. The summed E-state index contributed by atoms with van der Waals surface area (Å²) in [6.07, 6.45) is 1.64. The normalized spacial score (nSPS) is 29.8. The van der Waals surface area contributed by atoms with Gasteiger partial charge in [0.2, 0.25) is 0 Å². The smallest absolute Gasteiger partial charge is 0.148 e. The van der Waals surface area contributed by atoms with Crippen molar-refractivity contribution in [2.75, 3.05) is 11.7 Å². The van der Waals surface area contributed by atoms with Gasteiger partial charge < -0.3 is 9.53 Å². The van der Waals surface area contributed by atoms with Crippen LogP contribution in [0, 0.1) is 0 Å². The molecule has 2 nitrogen and oxygen atoms in total. The zero-order chi connectivity index (χ0) is 5.82. The number of carbonyl (C=O) groups excluding carboxylic acids is 1. The molecule has 0 radical (unpaired) electrons. The first-order valence-corrected chi connectivity index (χ1v) is 3.73. The summed E-state index contributed by atoms with van der Waals surface area (Å²) in [4.78, 5) is 10.0. The molecule has 1 rings (SSSR count). The van der Waals surface area contributed by atoms with Crippen LogP contribution in [0.1, 0.15) is 6.42 Å². The van der Waals surface area contributed by atoms with Gasteiger partial charge in [-0.05, 0) is 12.2 Å². The molecule has 1 unspecified atom stereocenters. The molecule has 0 spiro atoms. The van der Waals surface area contributed by atoms with E-state index in [0.29, 0.717) is 5.94 Å². The summed E-state index contributed by atoms with van der Waals surface area (Å²) >= 11 is 1.73. The Hall–Kier alpha value is -0.0200. The van der Waals surface area contributed by atoms with Gasteiger partial charge in [-0.25, -0.2) is 0 Å². The van der Waals surface area contributed by atoms with Crippen molar-refractivity contribution in [3.63, 3.8) is 0 Å². The van der Waals surface area contributed by atoms with Crippen molar-refractivity contribution < 1.29 is 9.53 Å². The summed E-state index contributed by atoms with van der Waals surface area (Å²) in [6.45, 7) is 0. The van der Waals surface area contributed by atoms with Crippen molar-refractivity contribution in [1.82, 2.24) is 0 Å². The number of carbonyl (C=O) groups is 1. The second kappa shape index (κ2) is 3.10. The van der Waals surface area contributed by atoms with Crippen molar-refractivity contribution in [2.45, 2.75) is 12.5 Å². The van der Waals surface area contributed by atoms with Gasteiger partial charge in [0.15, 0.2) is 0 Å². The Kier molecular flexibility index (Phi) is 2.36. The summed E-state index contributed by atoms with van der Waals surface area (Å²) in [5.74, 6) is 1.74. The standard InChI is InChI=1S/C5H8O2S/c6-3-5-1-2-8-4-7-5/h3,5H,1-2,4H2. The Morgan fingerprint density at radius 1 is 1.75 bits per heavy atom. The third-order valence-electron chi connectivity index (χ3n) is 1.06. The minimum absolute atomic E-state index is 0.115. The summed E-state index contributed by atoms with van der Waals surface area (Å²) in [6, 6.07) is 0. The molecule has 0 aromatic carbocycles. The minimum Gasteiger partial charge on any atom is -0.360 e. The van der Waals surface area contributed by atoms with Crippen LogP contribution >= 0.6 is 11.8 Å². The predicted octanol–water partition coefficient (Wildman–Crippen LogP) is 0.665. The average molecular weight is 132 g/mol. The highest BCUT2D eigenvalue weighted by Crippen LogP contribution is 2.13. The van der Waals surface area contributed by atoms with E-state index >= 15 is 0 Å². The SMILES string of the molecule is O=CC1CCSCO1. The molecule has 1 fully saturated rings. The summed E-state index contributed by atoms with van der Waals surface area (Å²) in [5.41, 5.74) is 0. The maximum Gasteiger partial charge on any atom is 0.148 e. The van der Waals surface area contributed by atoms with E-state index in [0.717, 1.165) is 18.5 Å². The van der Waals surface area contributed by atoms with Gasteiger partial charge in [0.1, 0.15) is 12.4 Å². The third-order valence-corrected chi connectivity index (χ3v) is 1.89. The van der Waals surface area contributed by atoms with E-state index in [1.54, 1.807) is 11.8 Å². The summed E-state index contributed by atoms with van der Waals surface area (Å²) in [7, 11) is 0. The van der Waals surface area contributed by atoms with Crippen molar-refractivity contribution in [3.8, 4) is 0 Å². The van der Waals surface area contributed by atoms with Crippen LogP contribution in [0.25, 0.3) is 0 Å². The van der Waals surface area contributed by atoms with E-state index in [-0.39, 0.29) is 6.10 Å². The molecule has 3 heteroatoms. The van der Waals surface area contributed by atoms with E-state index in [2.05, 4.69) is 0 Å². The van der Waals surface area contributed by atoms with Gasteiger partial charge in [-0.3, -0.25) is 0 Å². The van der Waals surface area contributed by atoms with E-state index in [9.17, 15) is 4.79 Å². The molecular weight excluding hydrogens is 124 g/mol. The van der Waals surface area contributed by atoms with Crippen LogP contribution in [-0.4, -0.2) is 24.1 Å². The highest BCUT2D eigenvalue weighted by atomic mass is 32.2. The van der Waals surface area contributed by atoms with Crippen LogP contribution in [0.5, 0.6) is 0 Å². The number of ether oxygens (including phenoxy) is 1. The second-order valence-corrected chi connectivity index (χ2v) is 2.71. The lowest BCUT2D eigenvalue weighted by molar-refractivity contribution is -0.117. The molecular formula is C5H8O2S. The van der Waals surface area contributed by atoms with Gasteiger partial charge in [0, 0.05) is 0 Å². The lowest BCUT2D eigenvalue weighted by Gasteiger charge is -2.15. The number of aldehydes is 1. The highest BCUT2D eigenvalue weighted by molar-refractivity contribution is 7.99. The van der Waals surface area contributed by atoms with Crippen molar-refractivity contribution >= 4 is 18.0 Å². The Bertz CT molecular complexity index is 78.5. The van der Waals surface area contributed by atoms with E-state index < -0.39 is 0 Å². The van der Waals surface area contributed by atoms with Crippen molar-refractivity contribution in [1.29, 1.82) is 0 Å². The van der Waals surface area contributed by atoms with E-state index in [1.807, 2.05) is 0 Å². The molecule has 0 N–H and O–H groups in total. The zero-order valence-corrected chi connectivity index (χ0v) is 5.32. The average Bonchev–Trinajstić information content (AvgIpc) is 1.90. The molecule has 1 aliphatic rings. The zero-order valence-electron chi connectivity index (χ0n) is 4.50. The Morgan fingerprint density at radius 2 is 2.62 bits per heavy atom. The van der Waals surface area contributed by atoms with Crippen LogP contribution in [0.15, 0.2) is 0 Å². The molecule has 1 heterocycles. The molecule has 0 aliphatic carbocycles. The fraction of sp³-hybridized carbons (Fsp3) is 0.800. The van der Waals surface area contributed by atoms with Crippen LogP contribution in [0.4, 0.5) is 0 Å². The molecule has 1 aliphatic heterocycles. The fourth-order valence-electron chi connectivity index (χ4n) is 0.585. The molecule has 0 amide bonds. The van der Waals surface area contributed by atoms with Crippen LogP contribution in [0.2, 0.25) is 0 Å². The summed E-state index contributed by atoms with van der Waals surface area (Å²) < 4.78 is 5.02. The molecule has 46 valence electrons. The van der Waals surface area contributed by atoms with Gasteiger partial charge in [-0.1, -0.05) is 0 Å². The maximum atomic E-state index is 10.0. The lowest BCUT2D eigenvalue weighted by Crippen LogP contribution is -2.19. The Morgan fingerprint density at radius 3 is 3.00 bits per heavy atom. The molecule has 0 saturated carbocycles. The quantitative estimate of drug-likeness (QED) is 0.490. The Balaban J connectivity index is 2.22. The molecule has 1 saturated heterocycles. The first-order valence-electron chi connectivity index (χ1n) is 2.58. The van der Waals surface area contributed by atoms with Gasteiger partial charge in [0.05, 0.1) is 5.94 Å². The first-order chi connectivity index (χ1) is 3.93. The maximum absolute atomic E-state index is 10.0. The summed E-state index contributed by atoms with van der Waals surface area (Å²) in [5, 5.41) is 0. The van der Waals surface area contributed by atoms with Crippen molar-refractivity contribution in [3.05, 3.63) is 0 Å². The minimum atomic E-state index is -0.115. The number of hydrogen-bond donors (Lipinski definition) is 0. The third kappa shape index (κ3) is 1.49. The van der Waals surface area contributed by atoms with Gasteiger partial charge in [-0.15, -0.1) is 11.8 Å². The Labute approximate surface area is 52.6 Å². The number of rotatable bonds is 1. The molecule has 1 atom stereocenters. The largest absolute Gasteiger partial charge is 0.360 e. The topological polar surface area (TPSA) is 26.3 Å². The van der Waals surface area contributed by atoms with E-state index in [1.165, 1.54) is 0 Å². The van der Waals surface area contributed by atoms with Gasteiger partial charge >= 0.3 is 0 Å². The van der Waals surface area contributed by atoms with Gasteiger partial charge in [-0.2, -0.15) is 0 Å². The number of hydrogen-bond acceptors (Lipinski definition) is 3. The number of thioether (sulfide) groups is 1. The van der Waals surface area contributed by atoms with Crippen LogP contribution < -0.4 is 0 Å². The van der Waals surface area contributed by atoms with Crippen molar-refractivity contribution in [2.24, 2.45) is 0 Å². The lowest BCUT2D eigenvalue weighted by atomic mass is 10.3. The molecule has 8 heavy (non-hydrogen) atoms. The monoisotopic (exact) mass is 132 g/mol. The highest BCUT2D eigenvalue weighted by Gasteiger charge is 2.11. The predicted molar refractivity (Wildman–Crippen MR) is 32.9 cm³/mol. The van der Waals surface area contributed by atoms with Crippen LogP contribution in [-0.2, 0) is 9.53 Å². The van der Waals surface area contributed by atoms with Gasteiger partial charge in [0.25, 0.3) is 0 Å². The van der Waals surface area contributed by atoms with Crippen LogP contribution in [0.3, 0.4) is 0 Å². The molecule has 0 aromatic rings. The molecule has 0 aromatic heterocycles. The fourth-order valence-corrected chi connectivity index (χ4v) is 1.37. The molecule has 0 bridgehead atoms. The second-order valence-electron chi connectivity index (χ2n) is 1.66. The van der Waals surface area contributed by atoms with E-state index in [4.69, 9.17) is 4.74 Å².